The number of fused-ring (bicyclic) bond motifs is 1. The number of hydrogen-bond donors (Lipinski definition) is 1. The molecule has 2 aromatic carbocycles. The molecule has 2 aromatic heterocycles. The molecule has 0 aliphatic rings. The van der Waals surface area contributed by atoms with E-state index in [1.165, 1.54) is 11.8 Å². The van der Waals surface area contributed by atoms with Crippen LogP contribution in [0.5, 0.6) is 5.75 Å². The molecule has 0 aliphatic carbocycles. The first-order chi connectivity index (χ1) is 13.6. The van der Waals surface area contributed by atoms with Crippen molar-refractivity contribution in [2.24, 2.45) is 7.05 Å². The van der Waals surface area contributed by atoms with Crippen molar-refractivity contribution in [2.45, 2.75) is 17.8 Å². The average molecular weight is 393 g/mol. The fourth-order valence-corrected chi connectivity index (χ4v) is 3.77. The van der Waals surface area contributed by atoms with E-state index in [1.54, 1.807) is 13.2 Å². The zero-order chi connectivity index (χ0) is 19.7. The number of nitrogens with one attached hydrogen (secondary N) is 1. The number of nitrogens with zero attached hydrogens (tertiary/aromatic N) is 4. The Morgan fingerprint density at radius 3 is 2.68 bits per heavy atom. The van der Waals surface area contributed by atoms with Crippen molar-refractivity contribution in [2.75, 3.05) is 7.11 Å². The van der Waals surface area contributed by atoms with Gasteiger partial charge in [0.1, 0.15) is 11.6 Å². The Hall–Kier alpha value is -3.13. The second-order valence-electron chi connectivity index (χ2n) is 6.37. The van der Waals surface area contributed by atoms with E-state index >= 15 is 0 Å². The predicted molar refractivity (Wildman–Crippen MR) is 110 cm³/mol. The number of aryl methyl sites for hydroxylation is 1. The van der Waals surface area contributed by atoms with Gasteiger partial charge in [0, 0.05) is 12.6 Å². The minimum Gasteiger partial charge on any atom is -0.497 e. The van der Waals surface area contributed by atoms with Crippen LogP contribution in [-0.2, 0) is 12.8 Å². The van der Waals surface area contributed by atoms with E-state index in [0.717, 1.165) is 33.4 Å². The summed E-state index contributed by atoms with van der Waals surface area (Å²) >= 11 is 1.48. The highest BCUT2D eigenvalue weighted by molar-refractivity contribution is 7.98. The van der Waals surface area contributed by atoms with E-state index in [9.17, 15) is 4.79 Å². The number of rotatable bonds is 5. The van der Waals surface area contributed by atoms with Gasteiger partial charge in [-0.25, -0.2) is 4.98 Å². The van der Waals surface area contributed by atoms with Crippen LogP contribution < -0.4 is 10.3 Å². The van der Waals surface area contributed by atoms with Crippen molar-refractivity contribution in [3.8, 4) is 17.1 Å². The summed E-state index contributed by atoms with van der Waals surface area (Å²) in [5, 5.41) is 9.93. The van der Waals surface area contributed by atoms with Gasteiger partial charge in [-0.2, -0.15) is 0 Å². The number of hydrogen-bond acceptors (Lipinski definition) is 6. The van der Waals surface area contributed by atoms with Crippen LogP contribution in [0.1, 0.15) is 11.4 Å². The number of aromatic nitrogens is 5. The molecule has 0 unspecified atom stereocenters. The smallest absolute Gasteiger partial charge is 0.258 e. The standard InChI is InChI=1S/C20H19N5O2S/c1-12-5-4-6-15-17(12)21-16(22-19(15)26)11-28-20-24-23-18(25(20)2)13-7-9-14(27-3)10-8-13/h4-10H,11H2,1-3H3,(H,21,22,26). The van der Waals surface area contributed by atoms with Gasteiger partial charge in [-0.1, -0.05) is 23.9 Å². The summed E-state index contributed by atoms with van der Waals surface area (Å²) in [7, 11) is 3.56. The average Bonchev–Trinajstić information content (AvgIpc) is 3.08. The second-order valence-corrected chi connectivity index (χ2v) is 7.31. The molecular formula is C20H19N5O2S. The highest BCUT2D eigenvalue weighted by Gasteiger charge is 2.13. The molecular weight excluding hydrogens is 374 g/mol. The number of ether oxygens (including phenoxy) is 1. The van der Waals surface area contributed by atoms with E-state index in [2.05, 4.69) is 20.2 Å². The molecule has 0 bridgehead atoms. The maximum absolute atomic E-state index is 12.3. The Kier molecular flexibility index (Phi) is 4.87. The Bertz CT molecular complexity index is 1200. The van der Waals surface area contributed by atoms with Crippen molar-refractivity contribution in [1.29, 1.82) is 0 Å². The lowest BCUT2D eigenvalue weighted by molar-refractivity contribution is 0.415. The van der Waals surface area contributed by atoms with Gasteiger partial charge in [0.15, 0.2) is 11.0 Å². The predicted octanol–water partition coefficient (Wildman–Crippen LogP) is 3.33. The Morgan fingerprint density at radius 2 is 1.93 bits per heavy atom. The first-order valence-electron chi connectivity index (χ1n) is 8.72. The zero-order valence-corrected chi connectivity index (χ0v) is 16.6. The van der Waals surface area contributed by atoms with Gasteiger partial charge in [0.2, 0.25) is 0 Å². The SMILES string of the molecule is COc1ccc(-c2nnc(SCc3nc4c(C)cccc4c(=O)[nH]3)n2C)cc1. The van der Waals surface area contributed by atoms with Gasteiger partial charge in [0.05, 0.1) is 23.8 Å². The van der Waals surface area contributed by atoms with Crippen LogP contribution in [0.2, 0.25) is 0 Å². The van der Waals surface area contributed by atoms with Crippen molar-refractivity contribution in [3.63, 3.8) is 0 Å². The van der Waals surface area contributed by atoms with Crippen molar-refractivity contribution < 1.29 is 4.74 Å². The normalized spacial score (nSPS) is 11.1. The molecule has 0 spiro atoms. The molecule has 2 heterocycles. The summed E-state index contributed by atoms with van der Waals surface area (Å²) in [6.45, 7) is 1.95. The summed E-state index contributed by atoms with van der Waals surface area (Å²) in [4.78, 5) is 19.8. The van der Waals surface area contributed by atoms with E-state index in [1.807, 2.05) is 54.9 Å². The van der Waals surface area contributed by atoms with E-state index < -0.39 is 0 Å². The zero-order valence-electron chi connectivity index (χ0n) is 15.8. The van der Waals surface area contributed by atoms with Gasteiger partial charge < -0.3 is 14.3 Å². The Balaban J connectivity index is 1.57. The number of thioether (sulfide) groups is 1. The third-order valence-corrected chi connectivity index (χ3v) is 5.54. The molecule has 8 heteroatoms. The van der Waals surface area contributed by atoms with E-state index in [-0.39, 0.29) is 5.56 Å². The summed E-state index contributed by atoms with van der Waals surface area (Å²) in [6, 6.07) is 13.3. The molecule has 4 rings (SSSR count). The Morgan fingerprint density at radius 1 is 1.14 bits per heavy atom. The summed E-state index contributed by atoms with van der Waals surface area (Å²) < 4.78 is 7.12. The second kappa shape index (κ2) is 7.47. The first kappa shape index (κ1) is 18.2. The third kappa shape index (κ3) is 3.38. The lowest BCUT2D eigenvalue weighted by Crippen LogP contribution is -2.12. The van der Waals surface area contributed by atoms with Gasteiger partial charge in [0.25, 0.3) is 5.56 Å². The molecule has 0 fully saturated rings. The first-order valence-corrected chi connectivity index (χ1v) is 9.70. The van der Waals surface area contributed by atoms with Crippen LogP contribution in [0.15, 0.2) is 52.4 Å². The minimum atomic E-state index is -0.124. The van der Waals surface area contributed by atoms with Crippen molar-refractivity contribution >= 4 is 22.7 Å². The highest BCUT2D eigenvalue weighted by Crippen LogP contribution is 2.26. The molecule has 1 N–H and O–H groups in total. The van der Waals surface area contributed by atoms with Crippen LogP contribution in [-0.4, -0.2) is 31.8 Å². The van der Waals surface area contributed by atoms with Gasteiger partial charge >= 0.3 is 0 Å². The molecule has 0 saturated carbocycles. The van der Waals surface area contributed by atoms with E-state index in [4.69, 9.17) is 4.74 Å². The number of aromatic amines is 1. The molecule has 0 amide bonds. The minimum absolute atomic E-state index is 0.124. The molecule has 142 valence electrons. The van der Waals surface area contributed by atoms with Gasteiger partial charge in [-0.3, -0.25) is 4.79 Å². The largest absolute Gasteiger partial charge is 0.497 e. The molecule has 28 heavy (non-hydrogen) atoms. The lowest BCUT2D eigenvalue weighted by atomic mass is 10.1. The quantitative estimate of drug-likeness (QED) is 0.524. The number of H-pyrrole nitrogens is 1. The molecule has 7 nitrogen and oxygen atoms in total. The molecule has 0 atom stereocenters. The summed E-state index contributed by atoms with van der Waals surface area (Å²) in [5.41, 5.74) is 2.55. The molecule has 0 aliphatic heterocycles. The number of methoxy groups -OCH3 is 1. The van der Waals surface area contributed by atoms with Crippen LogP contribution in [0.3, 0.4) is 0 Å². The van der Waals surface area contributed by atoms with E-state index in [0.29, 0.717) is 17.0 Å². The lowest BCUT2D eigenvalue weighted by Gasteiger charge is -2.06. The van der Waals surface area contributed by atoms with Crippen LogP contribution in [0, 0.1) is 6.92 Å². The fraction of sp³-hybridized carbons (Fsp3) is 0.200. The van der Waals surface area contributed by atoms with Gasteiger partial charge in [-0.05, 0) is 42.8 Å². The summed E-state index contributed by atoms with van der Waals surface area (Å²) in [6.07, 6.45) is 0. The van der Waals surface area contributed by atoms with Crippen LogP contribution >= 0.6 is 11.8 Å². The number of para-hydroxylation sites is 1. The van der Waals surface area contributed by atoms with Crippen molar-refractivity contribution in [3.05, 3.63) is 64.2 Å². The van der Waals surface area contributed by atoms with Crippen molar-refractivity contribution in [1.82, 2.24) is 24.7 Å². The topological polar surface area (TPSA) is 85.7 Å². The number of benzene rings is 2. The maximum Gasteiger partial charge on any atom is 0.258 e. The fourth-order valence-electron chi connectivity index (χ4n) is 2.99. The maximum atomic E-state index is 12.3. The highest BCUT2D eigenvalue weighted by atomic mass is 32.2. The van der Waals surface area contributed by atoms with Crippen LogP contribution in [0.25, 0.3) is 22.3 Å². The summed E-state index contributed by atoms with van der Waals surface area (Å²) in [5.74, 6) is 2.67. The van der Waals surface area contributed by atoms with Crippen LogP contribution in [0.4, 0.5) is 0 Å². The monoisotopic (exact) mass is 393 g/mol. The molecule has 0 saturated heterocycles. The third-order valence-electron chi connectivity index (χ3n) is 4.51. The molecule has 4 aromatic rings. The molecule has 0 radical (unpaired) electrons. The Labute approximate surface area is 165 Å². The van der Waals surface area contributed by atoms with Gasteiger partial charge in [-0.15, -0.1) is 10.2 Å².